The maximum absolute atomic E-state index is 8.74. The molecule has 0 aliphatic carbocycles. The summed E-state index contributed by atoms with van der Waals surface area (Å²) in [4.78, 5) is 29.3. The minimum Gasteiger partial charge on any atom is -1.00 e. The molecule has 12 heteroatoms. The Morgan fingerprint density at radius 2 is 1.00 bits per heavy atom. The number of hydrogen-bond donors (Lipinski definition) is 6. The molecule has 0 bridgehead atoms. The van der Waals surface area contributed by atoms with E-state index in [2.05, 4.69) is 0 Å². The van der Waals surface area contributed by atoms with Crippen molar-refractivity contribution in [3.8, 4) is 0 Å². The van der Waals surface area contributed by atoms with Gasteiger partial charge in [-0.3, -0.25) is 9.11 Å². The molecule has 0 rings (SSSR count). The van der Waals surface area contributed by atoms with Crippen molar-refractivity contribution in [2.75, 3.05) is 0 Å². The third-order valence-corrected chi connectivity index (χ3v) is 0. The summed E-state index contributed by atoms with van der Waals surface area (Å²) in [5, 5.41) is 0. The Hall–Kier alpha value is 1.46. The van der Waals surface area contributed by atoms with Gasteiger partial charge in [-0.1, -0.05) is 0 Å². The van der Waals surface area contributed by atoms with Crippen molar-refractivity contribution in [3.63, 3.8) is 0 Å². The van der Waals surface area contributed by atoms with Gasteiger partial charge in [0.05, 0.1) is 0 Å². The Labute approximate surface area is 104 Å². The molecule has 0 radical (unpaired) electrons. The first kappa shape index (κ1) is 23.4. The smallest absolute Gasteiger partial charge is 1.00 e. The normalized spacial score (nSPS) is 9.83. The predicted octanol–water partition coefficient (Wildman–Crippen LogP) is -7.33. The fourth-order valence-electron chi connectivity index (χ4n) is 0. The van der Waals surface area contributed by atoms with Crippen LogP contribution < -0.4 is 29.6 Å². The fraction of sp³-hybridized carbons (Fsp3) is 0. The Kier molecular flexibility index (Phi) is 17.6. The quantitative estimate of drug-likeness (QED) is 0.182. The van der Waals surface area contributed by atoms with Crippen molar-refractivity contribution in [1.29, 1.82) is 0 Å². The first-order chi connectivity index (χ1) is 4.00. The van der Waals surface area contributed by atoms with E-state index < -0.39 is 19.4 Å². The summed E-state index contributed by atoms with van der Waals surface area (Å²) in [7, 11) is -9.28. The summed E-state index contributed by atoms with van der Waals surface area (Å²) in [6.07, 6.45) is 0. The minimum absolute atomic E-state index is 0. The Bertz CT molecular complexity index is 159. The molecular formula is H10AlNaO8SSi. The average Bonchev–Trinajstić information content (AvgIpc) is 1.12. The molecule has 0 atom stereocenters. The largest absolute Gasteiger partial charge is 1.00 e. The van der Waals surface area contributed by atoms with Crippen LogP contribution in [0.25, 0.3) is 0 Å². The standard InChI is InChI=1S/Al.Na.H2O4S.H4O4Si.4H/c;;2*1-5(2,3)4;;;;/h;;(H2,1,2,3,4);1-4H;;;;/q;+1;;;;;;-1. The van der Waals surface area contributed by atoms with E-state index in [1.54, 1.807) is 0 Å². The van der Waals surface area contributed by atoms with Gasteiger partial charge in [0.1, 0.15) is 0 Å². The molecule has 0 aliphatic rings. The van der Waals surface area contributed by atoms with E-state index in [1.165, 1.54) is 0 Å². The molecule has 0 aromatic rings. The van der Waals surface area contributed by atoms with Gasteiger partial charge < -0.3 is 20.6 Å². The van der Waals surface area contributed by atoms with Crippen LogP contribution in [0.1, 0.15) is 1.43 Å². The zero-order chi connectivity index (χ0) is 9.00. The molecule has 0 spiro atoms. The molecule has 0 amide bonds. The van der Waals surface area contributed by atoms with E-state index in [0.717, 1.165) is 0 Å². The molecule has 0 saturated heterocycles. The van der Waals surface area contributed by atoms with E-state index in [4.69, 9.17) is 36.7 Å². The molecule has 0 aliphatic heterocycles. The maximum atomic E-state index is 8.74. The van der Waals surface area contributed by atoms with Crippen LogP contribution in [-0.2, 0) is 10.4 Å². The molecule has 0 aromatic heterocycles. The molecule has 0 unspecified atom stereocenters. The predicted molar refractivity (Wildman–Crippen MR) is 39.9 cm³/mol. The van der Waals surface area contributed by atoms with Crippen LogP contribution in [0.3, 0.4) is 0 Å². The summed E-state index contributed by atoms with van der Waals surface area (Å²) >= 11 is 0. The fourth-order valence-corrected chi connectivity index (χ4v) is 0. The second-order valence-corrected chi connectivity index (χ2v) is 3.14. The van der Waals surface area contributed by atoms with Gasteiger partial charge in [0.2, 0.25) is 0 Å². The molecule has 6 N–H and O–H groups in total. The van der Waals surface area contributed by atoms with Crippen LogP contribution in [0.4, 0.5) is 0 Å². The zero-order valence-electron chi connectivity index (χ0n) is 6.41. The maximum Gasteiger partial charge on any atom is 1.00 e. The van der Waals surface area contributed by atoms with E-state index in [-0.39, 0.29) is 48.3 Å². The summed E-state index contributed by atoms with van der Waals surface area (Å²) in [6, 6.07) is 0. The van der Waals surface area contributed by atoms with Gasteiger partial charge >= 0.3 is 49.0 Å². The van der Waals surface area contributed by atoms with Gasteiger partial charge in [0, 0.05) is 0 Å². The summed E-state index contributed by atoms with van der Waals surface area (Å²) in [6.45, 7) is 0. The molecule has 12 heavy (non-hydrogen) atoms. The van der Waals surface area contributed by atoms with E-state index in [9.17, 15) is 0 Å². The first-order valence-corrected chi connectivity index (χ1v) is 4.78. The number of rotatable bonds is 0. The van der Waals surface area contributed by atoms with Crippen LogP contribution >= 0.6 is 0 Å². The van der Waals surface area contributed by atoms with Crippen LogP contribution in [0.5, 0.6) is 0 Å². The summed E-state index contributed by atoms with van der Waals surface area (Å²) in [5.41, 5.74) is 0. The Morgan fingerprint density at radius 1 is 1.00 bits per heavy atom. The van der Waals surface area contributed by atoms with Crippen LogP contribution in [-0.4, -0.2) is 63.1 Å². The Morgan fingerprint density at radius 3 is 1.00 bits per heavy atom. The number of hydrogen-bond acceptors (Lipinski definition) is 6. The molecule has 0 aromatic carbocycles. The average molecular weight is 248 g/mol. The SMILES string of the molecule is O=S(=O)(O)O.O[Si](O)(O)O.[AlH3].[H-].[Na+]. The summed E-state index contributed by atoms with van der Waals surface area (Å²) in [5.74, 6) is 0. The Balaban J connectivity index is -0.0000000267. The van der Waals surface area contributed by atoms with Crippen molar-refractivity contribution < 1.29 is 67.7 Å². The van der Waals surface area contributed by atoms with Crippen LogP contribution in [0.15, 0.2) is 0 Å². The summed E-state index contributed by atoms with van der Waals surface area (Å²) < 4.78 is 31.6. The van der Waals surface area contributed by atoms with Gasteiger partial charge in [-0.05, 0) is 0 Å². The van der Waals surface area contributed by atoms with Gasteiger partial charge in [-0.25, -0.2) is 0 Å². The molecule has 72 valence electrons. The molecule has 8 nitrogen and oxygen atoms in total. The van der Waals surface area contributed by atoms with Gasteiger partial charge in [0.25, 0.3) is 0 Å². The van der Waals surface area contributed by atoms with E-state index in [1.807, 2.05) is 0 Å². The van der Waals surface area contributed by atoms with Gasteiger partial charge in [-0.2, -0.15) is 8.42 Å². The van der Waals surface area contributed by atoms with Crippen LogP contribution in [0, 0.1) is 0 Å². The van der Waals surface area contributed by atoms with Crippen LogP contribution in [0.2, 0.25) is 0 Å². The zero-order valence-corrected chi connectivity index (χ0v) is 9.22. The first-order valence-electron chi connectivity index (χ1n) is 1.59. The second kappa shape index (κ2) is 9.03. The van der Waals surface area contributed by atoms with Crippen molar-refractivity contribution in [3.05, 3.63) is 0 Å². The van der Waals surface area contributed by atoms with Gasteiger partial charge in [-0.15, -0.1) is 0 Å². The molecule has 0 fully saturated rings. The van der Waals surface area contributed by atoms with Crippen molar-refractivity contribution in [1.82, 2.24) is 0 Å². The van der Waals surface area contributed by atoms with Gasteiger partial charge in [0.15, 0.2) is 17.4 Å². The minimum atomic E-state index is -4.67. The van der Waals surface area contributed by atoms with E-state index in [0.29, 0.717) is 0 Å². The van der Waals surface area contributed by atoms with Crippen molar-refractivity contribution >= 4 is 36.8 Å². The monoisotopic (exact) mass is 248 g/mol. The van der Waals surface area contributed by atoms with Crippen molar-refractivity contribution in [2.24, 2.45) is 0 Å². The molecule has 0 heterocycles. The third kappa shape index (κ3) is 589. The van der Waals surface area contributed by atoms with Crippen molar-refractivity contribution in [2.45, 2.75) is 0 Å². The molecule has 0 saturated carbocycles. The third-order valence-electron chi connectivity index (χ3n) is 0. The second-order valence-electron chi connectivity index (χ2n) is 1.05. The topological polar surface area (TPSA) is 156 Å². The van der Waals surface area contributed by atoms with E-state index >= 15 is 0 Å². The molecular weight excluding hydrogens is 238 g/mol.